The highest BCUT2D eigenvalue weighted by atomic mass is 16.5. The summed E-state index contributed by atoms with van der Waals surface area (Å²) in [5.41, 5.74) is 3.89. The Morgan fingerprint density at radius 3 is 2.54 bits per heavy atom. The number of benzene rings is 2. The quantitative estimate of drug-likeness (QED) is 0.833. The van der Waals surface area contributed by atoms with E-state index in [9.17, 15) is 4.79 Å². The number of hydrogen-bond acceptors (Lipinski definition) is 4. The Balaban J connectivity index is 1.65. The Bertz CT molecular complexity index is 833. The van der Waals surface area contributed by atoms with Crippen LogP contribution in [-0.4, -0.2) is 36.2 Å². The molecule has 2 heterocycles. The Kier molecular flexibility index (Phi) is 4.62. The molecule has 1 spiro atoms. The fourth-order valence-electron chi connectivity index (χ4n) is 3.83. The third-order valence-electron chi connectivity index (χ3n) is 5.25. The topological polar surface area (TPSA) is 58.6 Å². The van der Waals surface area contributed by atoms with Gasteiger partial charge in [0.15, 0.2) is 5.78 Å². The summed E-state index contributed by atoms with van der Waals surface area (Å²) in [6.45, 7) is 1.47. The minimum absolute atomic E-state index is 0.221. The molecule has 4 heteroatoms. The van der Waals surface area contributed by atoms with Crippen molar-refractivity contribution in [3.8, 4) is 5.75 Å². The standard InChI is InChI=1S/C22H23NO3/c24-15-20(25)17-7-5-16(6-8-17)13-18-14-22(9-11-23-12-10-22)26-21-4-2-1-3-19(18)21/h1-8,14,23-24H,9-13,15H2. The first-order valence-corrected chi connectivity index (χ1v) is 9.13. The normalized spacial score (nSPS) is 18.0. The summed E-state index contributed by atoms with van der Waals surface area (Å²) in [7, 11) is 0. The number of para-hydroxylation sites is 1. The van der Waals surface area contributed by atoms with Crippen LogP contribution in [0.1, 0.15) is 34.3 Å². The SMILES string of the molecule is O=C(CO)c1ccc(CC2=CC3(CCNCC3)Oc3ccccc32)cc1. The van der Waals surface area contributed by atoms with Gasteiger partial charge in [0, 0.05) is 24.0 Å². The molecule has 0 unspecified atom stereocenters. The highest BCUT2D eigenvalue weighted by molar-refractivity contribution is 5.96. The van der Waals surface area contributed by atoms with Crippen molar-refractivity contribution in [1.29, 1.82) is 0 Å². The Morgan fingerprint density at radius 1 is 1.08 bits per heavy atom. The van der Waals surface area contributed by atoms with E-state index in [0.717, 1.165) is 49.2 Å². The van der Waals surface area contributed by atoms with Gasteiger partial charge in [-0.25, -0.2) is 0 Å². The van der Waals surface area contributed by atoms with Crippen LogP contribution in [0.2, 0.25) is 0 Å². The summed E-state index contributed by atoms with van der Waals surface area (Å²) in [4.78, 5) is 11.6. The van der Waals surface area contributed by atoms with Crippen LogP contribution < -0.4 is 10.1 Å². The number of allylic oxidation sites excluding steroid dienone is 1. The molecular weight excluding hydrogens is 326 g/mol. The molecule has 2 aromatic carbocycles. The van der Waals surface area contributed by atoms with Crippen LogP contribution in [0.4, 0.5) is 0 Å². The number of nitrogens with one attached hydrogen (secondary N) is 1. The van der Waals surface area contributed by atoms with Gasteiger partial charge in [-0.15, -0.1) is 0 Å². The van der Waals surface area contributed by atoms with Gasteiger partial charge in [-0.2, -0.15) is 0 Å². The molecular formula is C22H23NO3. The molecule has 0 radical (unpaired) electrons. The molecule has 26 heavy (non-hydrogen) atoms. The van der Waals surface area contributed by atoms with Crippen molar-refractivity contribution < 1.29 is 14.6 Å². The lowest BCUT2D eigenvalue weighted by Crippen LogP contribution is -2.46. The zero-order chi connectivity index (χ0) is 18.0. The maximum Gasteiger partial charge on any atom is 0.188 e. The van der Waals surface area contributed by atoms with Gasteiger partial charge in [-0.05, 0) is 42.8 Å². The second kappa shape index (κ2) is 7.06. The van der Waals surface area contributed by atoms with Gasteiger partial charge in [0.1, 0.15) is 18.0 Å². The maximum atomic E-state index is 11.6. The first-order valence-electron chi connectivity index (χ1n) is 9.13. The fraction of sp³-hybridized carbons (Fsp3) is 0.318. The molecule has 0 aliphatic carbocycles. The minimum atomic E-state index is -0.453. The van der Waals surface area contributed by atoms with Crippen molar-refractivity contribution in [3.05, 3.63) is 71.3 Å². The van der Waals surface area contributed by atoms with E-state index in [1.165, 1.54) is 5.57 Å². The van der Waals surface area contributed by atoms with Gasteiger partial charge in [0.25, 0.3) is 0 Å². The van der Waals surface area contributed by atoms with E-state index in [4.69, 9.17) is 9.84 Å². The van der Waals surface area contributed by atoms with Crippen LogP contribution in [0.15, 0.2) is 54.6 Å². The van der Waals surface area contributed by atoms with E-state index < -0.39 is 6.61 Å². The fourth-order valence-corrected chi connectivity index (χ4v) is 3.83. The largest absolute Gasteiger partial charge is 0.482 e. The van der Waals surface area contributed by atoms with Crippen LogP contribution in [-0.2, 0) is 6.42 Å². The Labute approximate surface area is 153 Å². The van der Waals surface area contributed by atoms with Crippen molar-refractivity contribution in [2.75, 3.05) is 19.7 Å². The monoisotopic (exact) mass is 349 g/mol. The lowest BCUT2D eigenvalue weighted by molar-refractivity contribution is 0.0813. The number of Topliss-reactive ketones (excluding diaryl/α,β-unsaturated/α-hetero) is 1. The number of hydrogen-bond donors (Lipinski definition) is 2. The molecule has 0 saturated carbocycles. The highest BCUT2D eigenvalue weighted by Crippen LogP contribution is 2.41. The highest BCUT2D eigenvalue weighted by Gasteiger charge is 2.36. The maximum absolute atomic E-state index is 11.6. The lowest BCUT2D eigenvalue weighted by atomic mass is 9.83. The van der Waals surface area contributed by atoms with Crippen molar-refractivity contribution >= 4 is 11.4 Å². The third kappa shape index (κ3) is 3.30. The number of piperidine rings is 1. The van der Waals surface area contributed by atoms with Crippen molar-refractivity contribution in [3.63, 3.8) is 0 Å². The van der Waals surface area contributed by atoms with Gasteiger partial charge in [0.05, 0.1) is 0 Å². The minimum Gasteiger partial charge on any atom is -0.482 e. The first kappa shape index (κ1) is 17.0. The molecule has 1 saturated heterocycles. The number of fused-ring (bicyclic) bond motifs is 1. The molecule has 2 aliphatic heterocycles. The summed E-state index contributed by atoms with van der Waals surface area (Å²) in [6.07, 6.45) is 5.04. The summed E-state index contributed by atoms with van der Waals surface area (Å²) in [6, 6.07) is 15.7. The average Bonchev–Trinajstić information content (AvgIpc) is 2.68. The first-order chi connectivity index (χ1) is 12.7. The molecule has 4 rings (SSSR count). The Hall–Kier alpha value is -2.43. The summed E-state index contributed by atoms with van der Waals surface area (Å²) >= 11 is 0. The van der Waals surface area contributed by atoms with E-state index in [1.54, 1.807) is 12.1 Å². The van der Waals surface area contributed by atoms with E-state index in [-0.39, 0.29) is 11.4 Å². The molecule has 134 valence electrons. The average molecular weight is 349 g/mol. The lowest BCUT2D eigenvalue weighted by Gasteiger charge is -2.40. The number of ether oxygens (including phenoxy) is 1. The molecule has 2 aromatic rings. The smallest absolute Gasteiger partial charge is 0.188 e. The second-order valence-corrected chi connectivity index (χ2v) is 7.04. The van der Waals surface area contributed by atoms with Gasteiger partial charge in [0.2, 0.25) is 0 Å². The Morgan fingerprint density at radius 2 is 1.81 bits per heavy atom. The van der Waals surface area contributed by atoms with Gasteiger partial charge < -0.3 is 15.2 Å². The van der Waals surface area contributed by atoms with Crippen LogP contribution in [0.5, 0.6) is 5.75 Å². The molecule has 0 bridgehead atoms. The number of aliphatic hydroxyl groups is 1. The van der Waals surface area contributed by atoms with Crippen LogP contribution in [0.3, 0.4) is 0 Å². The van der Waals surface area contributed by atoms with Crippen molar-refractivity contribution in [2.45, 2.75) is 24.9 Å². The summed E-state index contributed by atoms with van der Waals surface area (Å²) in [5, 5.41) is 12.4. The predicted octanol–water partition coefficient (Wildman–Crippen LogP) is 3.00. The van der Waals surface area contributed by atoms with E-state index in [0.29, 0.717) is 5.56 Å². The van der Waals surface area contributed by atoms with Crippen molar-refractivity contribution in [2.24, 2.45) is 0 Å². The number of carbonyl (C=O) groups excluding carboxylic acids is 1. The zero-order valence-electron chi connectivity index (χ0n) is 14.7. The number of ketones is 1. The predicted molar refractivity (Wildman–Crippen MR) is 101 cm³/mol. The van der Waals surface area contributed by atoms with E-state index >= 15 is 0 Å². The molecule has 1 fully saturated rings. The number of carbonyl (C=O) groups is 1. The number of aliphatic hydroxyl groups excluding tert-OH is 1. The van der Waals surface area contributed by atoms with Crippen LogP contribution >= 0.6 is 0 Å². The van der Waals surface area contributed by atoms with Crippen molar-refractivity contribution in [1.82, 2.24) is 5.32 Å². The molecule has 0 amide bonds. The van der Waals surface area contributed by atoms with E-state index in [1.807, 2.05) is 24.3 Å². The molecule has 2 aliphatic rings. The van der Waals surface area contributed by atoms with Crippen LogP contribution in [0, 0.1) is 0 Å². The third-order valence-corrected chi connectivity index (χ3v) is 5.25. The molecule has 0 aromatic heterocycles. The molecule has 4 nitrogen and oxygen atoms in total. The van der Waals surface area contributed by atoms with Gasteiger partial charge >= 0.3 is 0 Å². The zero-order valence-corrected chi connectivity index (χ0v) is 14.7. The second-order valence-electron chi connectivity index (χ2n) is 7.04. The molecule has 2 N–H and O–H groups in total. The summed E-state index contributed by atoms with van der Waals surface area (Å²) in [5.74, 6) is 0.708. The van der Waals surface area contributed by atoms with Crippen LogP contribution in [0.25, 0.3) is 5.57 Å². The summed E-state index contributed by atoms with van der Waals surface area (Å²) < 4.78 is 6.40. The van der Waals surface area contributed by atoms with Gasteiger partial charge in [-0.3, -0.25) is 4.79 Å². The number of rotatable bonds is 4. The van der Waals surface area contributed by atoms with E-state index in [2.05, 4.69) is 23.5 Å². The van der Waals surface area contributed by atoms with Gasteiger partial charge in [-0.1, -0.05) is 42.5 Å². The molecule has 0 atom stereocenters.